The van der Waals surface area contributed by atoms with Crippen LogP contribution in [0.2, 0.25) is 0 Å². The van der Waals surface area contributed by atoms with Gasteiger partial charge in [0.05, 0.1) is 19.0 Å². The van der Waals surface area contributed by atoms with Crippen LogP contribution in [0.15, 0.2) is 41.0 Å². The third-order valence-electron chi connectivity index (χ3n) is 3.31. The van der Waals surface area contributed by atoms with Crippen molar-refractivity contribution < 1.29 is 18.3 Å². The van der Waals surface area contributed by atoms with Crippen LogP contribution < -0.4 is 0 Å². The first-order chi connectivity index (χ1) is 9.24. The van der Waals surface area contributed by atoms with Gasteiger partial charge in [-0.15, -0.1) is 0 Å². The summed E-state index contributed by atoms with van der Waals surface area (Å²) in [5.41, 5.74) is 1.82. The van der Waals surface area contributed by atoms with Gasteiger partial charge in [0.25, 0.3) is 0 Å². The van der Waals surface area contributed by atoms with Gasteiger partial charge in [0.15, 0.2) is 5.76 Å². The van der Waals surface area contributed by atoms with Gasteiger partial charge in [0, 0.05) is 6.42 Å². The number of rotatable bonds is 3. The molecule has 0 radical (unpaired) electrons. The highest BCUT2D eigenvalue weighted by atomic mass is 19.1. The number of halogens is 1. The number of Topliss-reactive ketones (excluding diaryl/α,β-unsaturated/α-hetero) is 1. The summed E-state index contributed by atoms with van der Waals surface area (Å²) in [6, 6.07) is 7.93. The van der Waals surface area contributed by atoms with Crippen LogP contribution in [0.1, 0.15) is 34.2 Å². The predicted molar refractivity (Wildman–Crippen MR) is 66.5 cm³/mol. The lowest BCUT2D eigenvalue weighted by molar-refractivity contribution is 0.0342. The molecule has 0 bridgehead atoms. The number of ketones is 1. The van der Waals surface area contributed by atoms with Crippen LogP contribution in [-0.4, -0.2) is 12.4 Å². The maximum absolute atomic E-state index is 13.2. The van der Waals surface area contributed by atoms with Crippen LogP contribution in [0.4, 0.5) is 4.39 Å². The molecule has 0 saturated heterocycles. The number of benzene rings is 1. The summed E-state index contributed by atoms with van der Waals surface area (Å²) in [6.07, 6.45) is 2.05. The molecule has 19 heavy (non-hydrogen) atoms. The first kappa shape index (κ1) is 12.1. The lowest BCUT2D eigenvalue weighted by Crippen LogP contribution is -2.19. The molecule has 1 aliphatic heterocycles. The zero-order valence-electron chi connectivity index (χ0n) is 10.3. The standard InChI is InChI=1S/C15H13FO3/c16-11-3-4-12-10(8-11)5-7-19-15(12)9-13(17)14-2-1-6-18-14/h1-4,6,8,15H,5,7,9H2. The van der Waals surface area contributed by atoms with Gasteiger partial charge < -0.3 is 9.15 Å². The van der Waals surface area contributed by atoms with Crippen LogP contribution in [0.25, 0.3) is 0 Å². The van der Waals surface area contributed by atoms with Gasteiger partial charge in [-0.2, -0.15) is 0 Å². The molecule has 4 heteroatoms. The molecule has 3 nitrogen and oxygen atoms in total. The molecule has 3 rings (SSSR count). The van der Waals surface area contributed by atoms with Crippen molar-refractivity contribution in [2.45, 2.75) is 18.9 Å². The van der Waals surface area contributed by atoms with Crippen molar-refractivity contribution in [1.82, 2.24) is 0 Å². The van der Waals surface area contributed by atoms with E-state index in [-0.39, 0.29) is 24.1 Å². The van der Waals surface area contributed by atoms with Crippen molar-refractivity contribution in [2.75, 3.05) is 6.61 Å². The van der Waals surface area contributed by atoms with E-state index >= 15 is 0 Å². The second-order valence-electron chi connectivity index (χ2n) is 4.56. The molecule has 1 aliphatic rings. The van der Waals surface area contributed by atoms with Crippen LogP contribution >= 0.6 is 0 Å². The molecule has 0 fully saturated rings. The van der Waals surface area contributed by atoms with Gasteiger partial charge in [-0.25, -0.2) is 4.39 Å². The third kappa shape index (κ3) is 2.44. The topological polar surface area (TPSA) is 39.4 Å². The van der Waals surface area contributed by atoms with Gasteiger partial charge >= 0.3 is 0 Å². The summed E-state index contributed by atoms with van der Waals surface area (Å²) in [4.78, 5) is 12.0. The van der Waals surface area contributed by atoms with Gasteiger partial charge in [0.1, 0.15) is 5.82 Å². The van der Waals surface area contributed by atoms with E-state index in [9.17, 15) is 9.18 Å². The van der Waals surface area contributed by atoms with Gasteiger partial charge in [0.2, 0.25) is 5.78 Å². The molecule has 0 saturated carbocycles. The van der Waals surface area contributed by atoms with E-state index in [0.717, 1.165) is 11.1 Å². The SMILES string of the molecule is O=C(CC1OCCc2cc(F)ccc21)c1ccco1. The van der Waals surface area contributed by atoms with Gasteiger partial charge in [-0.1, -0.05) is 6.07 Å². The number of hydrogen-bond donors (Lipinski definition) is 0. The zero-order valence-corrected chi connectivity index (χ0v) is 10.3. The van der Waals surface area contributed by atoms with E-state index in [2.05, 4.69) is 0 Å². The Bertz CT molecular complexity index is 589. The fourth-order valence-electron chi connectivity index (χ4n) is 2.38. The van der Waals surface area contributed by atoms with Crippen molar-refractivity contribution in [3.05, 3.63) is 59.3 Å². The maximum atomic E-state index is 13.2. The molecule has 1 atom stereocenters. The molecule has 0 N–H and O–H groups in total. The quantitative estimate of drug-likeness (QED) is 0.795. The summed E-state index contributed by atoms with van der Waals surface area (Å²) < 4.78 is 23.9. The maximum Gasteiger partial charge on any atom is 0.200 e. The molecule has 2 heterocycles. The second kappa shape index (κ2) is 4.97. The van der Waals surface area contributed by atoms with E-state index in [1.807, 2.05) is 0 Å². The molecule has 0 aliphatic carbocycles. The molecular weight excluding hydrogens is 247 g/mol. The zero-order chi connectivity index (χ0) is 13.2. The van der Waals surface area contributed by atoms with E-state index in [0.29, 0.717) is 18.8 Å². The van der Waals surface area contributed by atoms with Crippen LogP contribution in [0.3, 0.4) is 0 Å². The number of furan rings is 1. The Balaban J connectivity index is 1.82. The molecular formula is C15H13FO3. The number of fused-ring (bicyclic) bond motifs is 1. The molecule has 0 spiro atoms. The average molecular weight is 260 g/mol. The van der Waals surface area contributed by atoms with Crippen LogP contribution in [0, 0.1) is 5.82 Å². The highest BCUT2D eigenvalue weighted by molar-refractivity contribution is 5.93. The summed E-state index contributed by atoms with van der Waals surface area (Å²) in [5.74, 6) is -0.0261. The predicted octanol–water partition coefficient (Wildman–Crippen LogP) is 3.31. The minimum absolute atomic E-state index is 0.104. The third-order valence-corrected chi connectivity index (χ3v) is 3.31. The lowest BCUT2D eigenvalue weighted by Gasteiger charge is -2.25. The van der Waals surface area contributed by atoms with Crippen molar-refractivity contribution in [3.63, 3.8) is 0 Å². The number of ether oxygens (including phenoxy) is 1. The number of carbonyl (C=O) groups is 1. The van der Waals surface area contributed by atoms with Crippen molar-refractivity contribution in [3.8, 4) is 0 Å². The van der Waals surface area contributed by atoms with Gasteiger partial charge in [-0.05, 0) is 41.8 Å². The summed E-state index contributed by atoms with van der Waals surface area (Å²) in [6.45, 7) is 0.507. The monoisotopic (exact) mass is 260 g/mol. The highest BCUT2D eigenvalue weighted by Crippen LogP contribution is 2.31. The average Bonchev–Trinajstić information content (AvgIpc) is 2.92. The first-order valence-corrected chi connectivity index (χ1v) is 6.20. The molecule has 0 amide bonds. The Morgan fingerprint density at radius 3 is 3.05 bits per heavy atom. The Hall–Kier alpha value is -1.94. The largest absolute Gasteiger partial charge is 0.461 e. The summed E-state index contributed by atoms with van der Waals surface area (Å²) >= 11 is 0. The molecule has 98 valence electrons. The minimum Gasteiger partial charge on any atom is -0.461 e. The minimum atomic E-state index is -0.318. The van der Waals surface area contributed by atoms with Crippen LogP contribution in [-0.2, 0) is 11.2 Å². The molecule has 1 aromatic heterocycles. The van der Waals surface area contributed by atoms with E-state index in [1.54, 1.807) is 18.2 Å². The Morgan fingerprint density at radius 2 is 2.26 bits per heavy atom. The van der Waals surface area contributed by atoms with Crippen LogP contribution in [0.5, 0.6) is 0 Å². The van der Waals surface area contributed by atoms with E-state index < -0.39 is 0 Å². The fraction of sp³-hybridized carbons (Fsp3) is 0.267. The number of hydrogen-bond acceptors (Lipinski definition) is 3. The highest BCUT2D eigenvalue weighted by Gasteiger charge is 2.25. The summed E-state index contributed by atoms with van der Waals surface area (Å²) in [5, 5.41) is 0. The first-order valence-electron chi connectivity index (χ1n) is 6.20. The summed E-state index contributed by atoms with van der Waals surface area (Å²) in [7, 11) is 0. The van der Waals surface area contributed by atoms with Crippen molar-refractivity contribution >= 4 is 5.78 Å². The van der Waals surface area contributed by atoms with Crippen molar-refractivity contribution in [2.24, 2.45) is 0 Å². The molecule has 1 aromatic carbocycles. The molecule has 1 unspecified atom stereocenters. The second-order valence-corrected chi connectivity index (χ2v) is 4.56. The smallest absolute Gasteiger partial charge is 0.200 e. The van der Waals surface area contributed by atoms with Gasteiger partial charge in [-0.3, -0.25) is 4.79 Å². The Morgan fingerprint density at radius 1 is 1.37 bits per heavy atom. The molecule has 2 aromatic rings. The lowest BCUT2D eigenvalue weighted by atomic mass is 9.94. The Kier molecular flexibility index (Phi) is 3.17. The van der Waals surface area contributed by atoms with E-state index in [4.69, 9.17) is 9.15 Å². The Labute approximate surface area is 110 Å². The normalized spacial score (nSPS) is 18.1. The number of carbonyl (C=O) groups excluding carboxylic acids is 1. The fourth-order valence-corrected chi connectivity index (χ4v) is 2.38. The van der Waals surface area contributed by atoms with E-state index in [1.165, 1.54) is 18.4 Å². The van der Waals surface area contributed by atoms with Crippen molar-refractivity contribution in [1.29, 1.82) is 0 Å².